The van der Waals surface area contributed by atoms with Gasteiger partial charge in [-0.05, 0) is 42.7 Å². The molecule has 2 aliphatic rings. The van der Waals surface area contributed by atoms with Gasteiger partial charge in [0.25, 0.3) is 11.1 Å². The number of hydrogen-bond donors (Lipinski definition) is 0. The summed E-state index contributed by atoms with van der Waals surface area (Å²) in [5.74, 6) is 0.992. The van der Waals surface area contributed by atoms with Crippen LogP contribution in [0.3, 0.4) is 0 Å². The van der Waals surface area contributed by atoms with E-state index in [1.807, 2.05) is 24.3 Å². The minimum absolute atomic E-state index is 0.151. The minimum Gasteiger partial charge on any atom is -0.496 e. The number of benzene rings is 1. The summed E-state index contributed by atoms with van der Waals surface area (Å²) < 4.78 is 5.30. The van der Waals surface area contributed by atoms with Crippen LogP contribution in [0, 0.1) is 5.92 Å². The first-order chi connectivity index (χ1) is 11.2. The molecule has 1 aromatic rings. The molecule has 5 heteroatoms. The second-order valence-corrected chi connectivity index (χ2v) is 7.03. The summed E-state index contributed by atoms with van der Waals surface area (Å²) in [5.41, 5.74) is 0.818. The topological polar surface area (TPSA) is 46.6 Å². The highest BCUT2D eigenvalue weighted by molar-refractivity contribution is 8.18. The number of rotatable bonds is 4. The minimum atomic E-state index is -0.170. The van der Waals surface area contributed by atoms with Gasteiger partial charge in [0, 0.05) is 12.1 Å². The highest BCUT2D eigenvalue weighted by Crippen LogP contribution is 2.35. The number of ether oxygens (including phenoxy) is 1. The van der Waals surface area contributed by atoms with Crippen molar-refractivity contribution in [2.24, 2.45) is 5.92 Å². The van der Waals surface area contributed by atoms with E-state index < -0.39 is 0 Å². The third kappa shape index (κ3) is 3.61. The van der Waals surface area contributed by atoms with Crippen molar-refractivity contribution in [1.82, 2.24) is 4.90 Å². The number of nitrogens with zero attached hydrogens (tertiary/aromatic N) is 1. The van der Waals surface area contributed by atoms with Crippen molar-refractivity contribution in [1.29, 1.82) is 0 Å². The molecular weight excluding hydrogens is 310 g/mol. The maximum absolute atomic E-state index is 12.6. The molecule has 4 nitrogen and oxygen atoms in total. The van der Waals surface area contributed by atoms with Gasteiger partial charge < -0.3 is 4.74 Å². The van der Waals surface area contributed by atoms with Gasteiger partial charge >= 0.3 is 0 Å². The molecule has 0 spiro atoms. The monoisotopic (exact) mass is 331 g/mol. The molecule has 0 atom stereocenters. The van der Waals surface area contributed by atoms with Crippen LogP contribution < -0.4 is 4.74 Å². The van der Waals surface area contributed by atoms with Crippen LogP contribution in [0.15, 0.2) is 29.2 Å². The Morgan fingerprint density at radius 3 is 2.70 bits per heavy atom. The summed E-state index contributed by atoms with van der Waals surface area (Å²) in [5, 5.41) is -0.151. The summed E-state index contributed by atoms with van der Waals surface area (Å²) in [7, 11) is 1.60. The van der Waals surface area contributed by atoms with Gasteiger partial charge in [0.1, 0.15) is 5.75 Å². The predicted octanol–water partition coefficient (Wildman–Crippen LogP) is 4.31. The van der Waals surface area contributed by atoms with Gasteiger partial charge in [0.05, 0.1) is 12.0 Å². The van der Waals surface area contributed by atoms with Crippen LogP contribution >= 0.6 is 11.8 Å². The summed E-state index contributed by atoms with van der Waals surface area (Å²) >= 11 is 1.03. The number of carbonyl (C=O) groups excluding carboxylic acids is 2. The van der Waals surface area contributed by atoms with Crippen molar-refractivity contribution >= 4 is 29.0 Å². The lowest BCUT2D eigenvalue weighted by Gasteiger charge is -2.25. The van der Waals surface area contributed by atoms with E-state index in [0.29, 0.717) is 23.1 Å². The van der Waals surface area contributed by atoms with Crippen LogP contribution in [0.5, 0.6) is 5.75 Å². The SMILES string of the molecule is COc1ccccc1/C=C1/SC(=O)N(CC2CCCCC2)C1=O. The first kappa shape index (κ1) is 16.1. The van der Waals surface area contributed by atoms with E-state index in [1.54, 1.807) is 13.2 Å². The van der Waals surface area contributed by atoms with Crippen LogP contribution in [0.4, 0.5) is 4.79 Å². The highest BCUT2D eigenvalue weighted by atomic mass is 32.2. The third-order valence-electron chi connectivity index (χ3n) is 4.46. The lowest BCUT2D eigenvalue weighted by Crippen LogP contribution is -2.34. The average Bonchev–Trinajstić information content (AvgIpc) is 2.84. The Bertz CT molecular complexity index is 635. The van der Waals surface area contributed by atoms with Gasteiger partial charge in [-0.1, -0.05) is 37.5 Å². The Morgan fingerprint density at radius 2 is 1.96 bits per heavy atom. The van der Waals surface area contributed by atoms with E-state index in [9.17, 15) is 9.59 Å². The fraction of sp³-hybridized carbons (Fsp3) is 0.444. The standard InChI is InChI=1S/C18H21NO3S/c1-22-15-10-6-5-9-14(15)11-16-17(20)19(18(21)23-16)12-13-7-3-2-4-8-13/h5-6,9-11,13H,2-4,7-8,12H2,1H3/b16-11+. The molecule has 23 heavy (non-hydrogen) atoms. The average molecular weight is 331 g/mol. The number of thioether (sulfide) groups is 1. The van der Waals surface area contributed by atoms with Crippen molar-refractivity contribution in [3.8, 4) is 5.75 Å². The van der Waals surface area contributed by atoms with Gasteiger partial charge in [0.2, 0.25) is 0 Å². The largest absolute Gasteiger partial charge is 0.496 e. The van der Waals surface area contributed by atoms with E-state index >= 15 is 0 Å². The smallest absolute Gasteiger partial charge is 0.293 e. The maximum Gasteiger partial charge on any atom is 0.293 e. The molecule has 2 amide bonds. The van der Waals surface area contributed by atoms with Crippen molar-refractivity contribution in [2.45, 2.75) is 32.1 Å². The van der Waals surface area contributed by atoms with E-state index in [0.717, 1.165) is 30.2 Å². The summed E-state index contributed by atoms with van der Waals surface area (Å²) in [4.78, 5) is 26.7. The van der Waals surface area contributed by atoms with Crippen LogP contribution in [0.2, 0.25) is 0 Å². The number of carbonyl (C=O) groups is 2. The molecule has 122 valence electrons. The van der Waals surface area contributed by atoms with Crippen molar-refractivity contribution in [3.05, 3.63) is 34.7 Å². The number of para-hydroxylation sites is 1. The van der Waals surface area contributed by atoms with E-state index in [2.05, 4.69) is 0 Å². The van der Waals surface area contributed by atoms with E-state index in [1.165, 1.54) is 24.2 Å². The Balaban J connectivity index is 1.76. The number of hydrogen-bond acceptors (Lipinski definition) is 4. The first-order valence-electron chi connectivity index (χ1n) is 8.07. The zero-order valence-corrected chi connectivity index (χ0v) is 14.1. The highest BCUT2D eigenvalue weighted by Gasteiger charge is 2.36. The number of amides is 2. The van der Waals surface area contributed by atoms with Gasteiger partial charge in [0.15, 0.2) is 0 Å². The van der Waals surface area contributed by atoms with Crippen LogP contribution in [0.1, 0.15) is 37.7 Å². The van der Waals surface area contributed by atoms with Gasteiger partial charge in [-0.3, -0.25) is 14.5 Å². The molecule has 2 fully saturated rings. The Kier molecular flexibility index (Phi) is 5.06. The molecule has 1 saturated carbocycles. The molecule has 3 rings (SSSR count). The van der Waals surface area contributed by atoms with Crippen molar-refractivity contribution < 1.29 is 14.3 Å². The molecule has 0 N–H and O–H groups in total. The van der Waals surface area contributed by atoms with Gasteiger partial charge in [-0.15, -0.1) is 0 Å². The molecule has 1 heterocycles. The fourth-order valence-corrected chi connectivity index (χ4v) is 4.05. The molecule has 1 saturated heterocycles. The Morgan fingerprint density at radius 1 is 1.22 bits per heavy atom. The first-order valence-corrected chi connectivity index (χ1v) is 8.89. The van der Waals surface area contributed by atoms with Crippen LogP contribution in [0.25, 0.3) is 6.08 Å². The van der Waals surface area contributed by atoms with Crippen LogP contribution in [-0.2, 0) is 4.79 Å². The van der Waals surface area contributed by atoms with Gasteiger partial charge in [-0.25, -0.2) is 0 Å². The summed E-state index contributed by atoms with van der Waals surface area (Å²) in [6, 6.07) is 7.50. The van der Waals surface area contributed by atoms with Gasteiger partial charge in [-0.2, -0.15) is 0 Å². The lowest BCUT2D eigenvalue weighted by molar-refractivity contribution is -0.123. The van der Waals surface area contributed by atoms with E-state index in [-0.39, 0.29) is 11.1 Å². The maximum atomic E-state index is 12.6. The molecule has 0 bridgehead atoms. The normalized spacial score (nSPS) is 21.3. The van der Waals surface area contributed by atoms with Crippen molar-refractivity contribution in [3.63, 3.8) is 0 Å². The second kappa shape index (κ2) is 7.21. The molecule has 0 unspecified atom stereocenters. The zero-order valence-electron chi connectivity index (χ0n) is 13.3. The predicted molar refractivity (Wildman–Crippen MR) is 92.2 cm³/mol. The summed E-state index contributed by atoms with van der Waals surface area (Å²) in [6.45, 7) is 0.563. The molecule has 0 aromatic heterocycles. The zero-order chi connectivity index (χ0) is 16.2. The summed E-state index contributed by atoms with van der Waals surface area (Å²) in [6.07, 6.45) is 7.67. The molecule has 0 radical (unpaired) electrons. The number of methoxy groups -OCH3 is 1. The van der Waals surface area contributed by atoms with Crippen molar-refractivity contribution in [2.75, 3.05) is 13.7 Å². The molecule has 1 aliphatic heterocycles. The molecular formula is C18H21NO3S. The second-order valence-electron chi connectivity index (χ2n) is 6.04. The van der Waals surface area contributed by atoms with Crippen LogP contribution in [-0.4, -0.2) is 29.7 Å². The molecule has 1 aliphatic carbocycles. The Labute approximate surface area is 140 Å². The quantitative estimate of drug-likeness (QED) is 0.771. The lowest BCUT2D eigenvalue weighted by atomic mass is 9.89. The molecule has 1 aromatic carbocycles. The fourth-order valence-electron chi connectivity index (χ4n) is 3.21. The Hall–Kier alpha value is -1.75. The third-order valence-corrected chi connectivity index (χ3v) is 5.37. The van der Waals surface area contributed by atoms with E-state index in [4.69, 9.17) is 4.74 Å². The number of imide groups is 1.